The molecule has 0 aliphatic carbocycles. The van der Waals surface area contributed by atoms with Crippen LogP contribution < -0.4 is 10.9 Å². The lowest BCUT2D eigenvalue weighted by atomic mass is 10.1. The fraction of sp³-hybridized carbons (Fsp3) is 0.148. The lowest BCUT2D eigenvalue weighted by Gasteiger charge is -2.12. The van der Waals surface area contributed by atoms with Crippen LogP contribution in [0.15, 0.2) is 71.8 Å². The van der Waals surface area contributed by atoms with Gasteiger partial charge >= 0.3 is 0 Å². The lowest BCUT2D eigenvalue weighted by Crippen LogP contribution is -2.25. The number of benzene rings is 3. The quantitative estimate of drug-likeness (QED) is 0.321. The number of nitrogens with one attached hydrogen (secondary N) is 1. The SMILES string of the molecule is Cc1ccc2c(c1)c1ncn(Cc3ccccc3Cl)c(=O)c1n2CC(=O)Nc1cc(Cl)ccc1C. The summed E-state index contributed by atoms with van der Waals surface area (Å²) in [6.45, 7) is 4.10. The summed E-state index contributed by atoms with van der Waals surface area (Å²) in [4.78, 5) is 31.4. The van der Waals surface area contributed by atoms with Crippen molar-refractivity contribution >= 4 is 56.7 Å². The summed E-state index contributed by atoms with van der Waals surface area (Å²) in [6, 6.07) is 18.6. The summed E-state index contributed by atoms with van der Waals surface area (Å²) in [5, 5.41) is 4.86. The summed E-state index contributed by atoms with van der Waals surface area (Å²) >= 11 is 12.4. The molecule has 6 nitrogen and oxygen atoms in total. The Labute approximate surface area is 211 Å². The minimum absolute atomic E-state index is 0.0535. The van der Waals surface area contributed by atoms with Crippen LogP contribution in [0.25, 0.3) is 21.9 Å². The Morgan fingerprint density at radius 2 is 1.83 bits per heavy atom. The second-order valence-corrected chi connectivity index (χ2v) is 9.42. The summed E-state index contributed by atoms with van der Waals surface area (Å²) in [5.41, 5.74) is 4.84. The largest absolute Gasteiger partial charge is 0.325 e. The van der Waals surface area contributed by atoms with E-state index in [0.717, 1.165) is 27.6 Å². The molecule has 5 rings (SSSR count). The van der Waals surface area contributed by atoms with Crippen LogP contribution in [0, 0.1) is 13.8 Å². The van der Waals surface area contributed by atoms with Crippen molar-refractivity contribution in [3.05, 3.63) is 104 Å². The number of anilines is 1. The Balaban J connectivity index is 1.62. The van der Waals surface area contributed by atoms with Crippen LogP contribution in [0.4, 0.5) is 5.69 Å². The van der Waals surface area contributed by atoms with E-state index >= 15 is 0 Å². The molecule has 0 saturated carbocycles. The number of aromatic nitrogens is 3. The van der Waals surface area contributed by atoms with Gasteiger partial charge in [-0.1, -0.05) is 59.1 Å². The van der Waals surface area contributed by atoms with Crippen LogP contribution in [-0.2, 0) is 17.9 Å². The fourth-order valence-corrected chi connectivity index (χ4v) is 4.63. The van der Waals surface area contributed by atoms with Gasteiger partial charge in [-0.15, -0.1) is 0 Å². The van der Waals surface area contributed by atoms with E-state index in [1.165, 1.54) is 10.9 Å². The number of rotatable bonds is 5. The van der Waals surface area contributed by atoms with E-state index < -0.39 is 0 Å². The van der Waals surface area contributed by atoms with E-state index in [2.05, 4.69) is 10.3 Å². The van der Waals surface area contributed by atoms with Gasteiger partial charge in [-0.25, -0.2) is 4.98 Å². The number of carbonyl (C=O) groups excluding carboxylic acids is 1. The average Bonchev–Trinajstić information content (AvgIpc) is 3.12. The van der Waals surface area contributed by atoms with Crippen LogP contribution in [0.5, 0.6) is 0 Å². The van der Waals surface area contributed by atoms with Crippen molar-refractivity contribution in [3.8, 4) is 0 Å². The van der Waals surface area contributed by atoms with Crippen molar-refractivity contribution in [3.63, 3.8) is 0 Å². The van der Waals surface area contributed by atoms with Gasteiger partial charge in [0.2, 0.25) is 5.91 Å². The number of amides is 1. The Morgan fingerprint density at radius 3 is 2.63 bits per heavy atom. The Bertz CT molecular complexity index is 1670. The van der Waals surface area contributed by atoms with Crippen LogP contribution in [0.2, 0.25) is 10.0 Å². The minimum Gasteiger partial charge on any atom is -0.325 e. The molecule has 0 bridgehead atoms. The molecule has 0 aliphatic heterocycles. The monoisotopic (exact) mass is 504 g/mol. The van der Waals surface area contributed by atoms with Gasteiger partial charge in [0.05, 0.1) is 18.4 Å². The molecular weight excluding hydrogens is 483 g/mol. The topological polar surface area (TPSA) is 68.9 Å². The van der Waals surface area contributed by atoms with Crippen molar-refractivity contribution < 1.29 is 4.79 Å². The first-order chi connectivity index (χ1) is 16.8. The molecule has 35 heavy (non-hydrogen) atoms. The maximum Gasteiger partial charge on any atom is 0.278 e. The molecule has 0 fully saturated rings. The molecular formula is C27H22Cl2N4O2. The first-order valence-electron chi connectivity index (χ1n) is 11.1. The number of hydrogen-bond donors (Lipinski definition) is 1. The van der Waals surface area contributed by atoms with Crippen LogP contribution in [-0.4, -0.2) is 20.0 Å². The van der Waals surface area contributed by atoms with Gasteiger partial charge in [-0.2, -0.15) is 0 Å². The third-order valence-corrected chi connectivity index (χ3v) is 6.66. The second kappa shape index (κ2) is 9.21. The van der Waals surface area contributed by atoms with Gasteiger partial charge in [0.1, 0.15) is 17.6 Å². The van der Waals surface area contributed by atoms with Crippen molar-refractivity contribution in [2.75, 3.05) is 5.32 Å². The van der Waals surface area contributed by atoms with E-state index in [9.17, 15) is 9.59 Å². The number of halogens is 2. The Morgan fingerprint density at radius 1 is 1.03 bits per heavy atom. The molecule has 0 unspecified atom stereocenters. The van der Waals surface area contributed by atoms with E-state index in [-0.39, 0.29) is 24.6 Å². The standard InChI is InChI=1S/C27H22Cl2N4O2/c1-16-7-10-23-20(11-16)25-26(27(35)32(15-30-25)13-18-5-3-4-6-21(18)29)33(23)14-24(34)31-22-12-19(28)9-8-17(22)2/h3-12,15H,13-14H2,1-2H3,(H,31,34). The molecule has 2 heterocycles. The fourth-order valence-electron chi connectivity index (χ4n) is 4.26. The zero-order valence-electron chi connectivity index (χ0n) is 19.2. The maximum atomic E-state index is 13.7. The van der Waals surface area contributed by atoms with E-state index in [4.69, 9.17) is 23.2 Å². The Hall–Kier alpha value is -3.61. The van der Waals surface area contributed by atoms with Gasteiger partial charge in [-0.05, 0) is 55.3 Å². The predicted molar refractivity (Wildman–Crippen MR) is 142 cm³/mol. The van der Waals surface area contributed by atoms with E-state index in [0.29, 0.717) is 26.8 Å². The predicted octanol–water partition coefficient (Wildman–Crippen LogP) is 5.96. The number of carbonyl (C=O) groups is 1. The molecule has 5 aromatic rings. The number of fused-ring (bicyclic) bond motifs is 3. The number of aryl methyl sites for hydroxylation is 2. The Kier molecular flexibility index (Phi) is 6.09. The van der Waals surface area contributed by atoms with Crippen LogP contribution in [0.1, 0.15) is 16.7 Å². The number of nitrogens with zero attached hydrogens (tertiary/aromatic N) is 3. The molecule has 1 amide bonds. The molecule has 2 aromatic heterocycles. The zero-order valence-corrected chi connectivity index (χ0v) is 20.7. The first-order valence-corrected chi connectivity index (χ1v) is 11.8. The van der Waals surface area contributed by atoms with Crippen LogP contribution >= 0.6 is 23.2 Å². The van der Waals surface area contributed by atoms with Crippen molar-refractivity contribution in [2.45, 2.75) is 26.9 Å². The zero-order chi connectivity index (χ0) is 24.7. The summed E-state index contributed by atoms with van der Waals surface area (Å²) in [6.07, 6.45) is 1.54. The smallest absolute Gasteiger partial charge is 0.278 e. The van der Waals surface area contributed by atoms with Crippen LogP contribution in [0.3, 0.4) is 0 Å². The molecule has 8 heteroatoms. The first kappa shape index (κ1) is 23.1. The summed E-state index contributed by atoms with van der Waals surface area (Å²) in [5.74, 6) is -0.268. The molecule has 0 saturated heterocycles. The molecule has 176 valence electrons. The summed E-state index contributed by atoms with van der Waals surface area (Å²) < 4.78 is 3.25. The summed E-state index contributed by atoms with van der Waals surface area (Å²) in [7, 11) is 0. The number of hydrogen-bond acceptors (Lipinski definition) is 3. The molecule has 1 N–H and O–H groups in total. The highest BCUT2D eigenvalue weighted by Crippen LogP contribution is 2.27. The maximum absolute atomic E-state index is 13.7. The third kappa shape index (κ3) is 4.43. The van der Waals surface area contributed by atoms with Gasteiger partial charge in [0.25, 0.3) is 5.56 Å². The minimum atomic E-state index is -0.268. The molecule has 0 aliphatic rings. The van der Waals surface area contributed by atoms with Gasteiger partial charge in [-0.3, -0.25) is 14.2 Å². The van der Waals surface area contributed by atoms with Gasteiger partial charge < -0.3 is 9.88 Å². The van der Waals surface area contributed by atoms with Crippen molar-refractivity contribution in [1.29, 1.82) is 0 Å². The van der Waals surface area contributed by atoms with E-state index in [1.807, 2.05) is 56.3 Å². The average molecular weight is 505 g/mol. The molecule has 3 aromatic carbocycles. The van der Waals surface area contributed by atoms with Crippen molar-refractivity contribution in [1.82, 2.24) is 14.1 Å². The normalized spacial score (nSPS) is 11.3. The third-order valence-electron chi connectivity index (χ3n) is 6.06. The lowest BCUT2D eigenvalue weighted by molar-refractivity contribution is -0.116. The molecule has 0 spiro atoms. The second-order valence-electron chi connectivity index (χ2n) is 8.58. The highest BCUT2D eigenvalue weighted by atomic mass is 35.5. The highest BCUT2D eigenvalue weighted by Gasteiger charge is 2.19. The van der Waals surface area contributed by atoms with Gasteiger partial charge in [0, 0.05) is 21.1 Å². The molecule has 0 atom stereocenters. The molecule has 0 radical (unpaired) electrons. The van der Waals surface area contributed by atoms with Gasteiger partial charge in [0.15, 0.2) is 0 Å². The highest BCUT2D eigenvalue weighted by molar-refractivity contribution is 6.31. The van der Waals surface area contributed by atoms with E-state index in [1.54, 1.807) is 22.8 Å². The van der Waals surface area contributed by atoms with Crippen molar-refractivity contribution in [2.24, 2.45) is 0 Å².